The monoisotopic (exact) mass is 362 g/mol. The first-order valence-corrected chi connectivity index (χ1v) is 9.07. The number of nitrogens with one attached hydrogen (secondary N) is 1. The smallest absolute Gasteiger partial charge is 0.228 e. The van der Waals surface area contributed by atoms with Gasteiger partial charge >= 0.3 is 0 Å². The molecule has 0 aliphatic rings. The highest BCUT2D eigenvalue weighted by Crippen LogP contribution is 2.29. The lowest BCUT2D eigenvalue weighted by atomic mass is 10.1. The fourth-order valence-electron chi connectivity index (χ4n) is 2.96. The summed E-state index contributed by atoms with van der Waals surface area (Å²) in [6.07, 6.45) is 4.31. The van der Waals surface area contributed by atoms with E-state index in [1.165, 1.54) is 0 Å². The van der Waals surface area contributed by atoms with E-state index >= 15 is 0 Å². The van der Waals surface area contributed by atoms with Crippen molar-refractivity contribution in [2.45, 2.75) is 39.7 Å². The van der Waals surface area contributed by atoms with Crippen LogP contribution in [0.4, 0.5) is 0 Å². The standard InChI is InChI=1S/C20H22N6O/c1-13(2)19-24-16(27-25-19)9-10-26-12-22-17(15-7-5-4-6-8-15)18(26)20-21-11-14(3)23-20/h4-8,11-13H,9-10H2,1-3H3,(H,21,23). The topological polar surface area (TPSA) is 85.4 Å². The van der Waals surface area contributed by atoms with Crippen molar-refractivity contribution in [3.8, 4) is 22.8 Å². The molecule has 0 saturated carbocycles. The summed E-state index contributed by atoms with van der Waals surface area (Å²) in [6, 6.07) is 10.1. The van der Waals surface area contributed by atoms with Crippen LogP contribution < -0.4 is 0 Å². The van der Waals surface area contributed by atoms with Crippen LogP contribution in [-0.4, -0.2) is 29.7 Å². The number of rotatable bonds is 6. The van der Waals surface area contributed by atoms with Crippen LogP contribution in [0.5, 0.6) is 0 Å². The van der Waals surface area contributed by atoms with E-state index in [1.54, 1.807) is 0 Å². The second kappa shape index (κ2) is 7.19. The summed E-state index contributed by atoms with van der Waals surface area (Å²) in [5.41, 5.74) is 3.92. The number of aromatic nitrogens is 6. The van der Waals surface area contributed by atoms with Crippen LogP contribution in [-0.2, 0) is 13.0 Å². The number of imidazole rings is 2. The zero-order valence-corrected chi connectivity index (χ0v) is 15.7. The van der Waals surface area contributed by atoms with Gasteiger partial charge in [0.2, 0.25) is 5.89 Å². The van der Waals surface area contributed by atoms with E-state index in [4.69, 9.17) is 4.52 Å². The fourth-order valence-corrected chi connectivity index (χ4v) is 2.96. The molecule has 3 heterocycles. The van der Waals surface area contributed by atoms with Crippen molar-refractivity contribution < 1.29 is 4.52 Å². The molecule has 4 aromatic rings. The molecule has 1 N–H and O–H groups in total. The van der Waals surface area contributed by atoms with Gasteiger partial charge in [-0.25, -0.2) is 9.97 Å². The molecule has 0 atom stereocenters. The number of aromatic amines is 1. The molecule has 3 aromatic heterocycles. The van der Waals surface area contributed by atoms with E-state index in [2.05, 4.69) is 41.8 Å². The minimum absolute atomic E-state index is 0.252. The molecule has 0 aliphatic carbocycles. The average molecular weight is 362 g/mol. The van der Waals surface area contributed by atoms with E-state index in [1.807, 2.05) is 51.5 Å². The predicted molar refractivity (Wildman–Crippen MR) is 102 cm³/mol. The molecule has 1 aromatic carbocycles. The molecule has 27 heavy (non-hydrogen) atoms. The summed E-state index contributed by atoms with van der Waals surface area (Å²) >= 11 is 0. The molecule has 4 rings (SSSR count). The highest BCUT2D eigenvalue weighted by molar-refractivity contribution is 5.75. The first-order chi connectivity index (χ1) is 13.1. The normalized spacial score (nSPS) is 11.4. The summed E-state index contributed by atoms with van der Waals surface area (Å²) in [5, 5.41) is 4.04. The Kier molecular flexibility index (Phi) is 4.58. The molecule has 7 heteroatoms. The molecule has 0 saturated heterocycles. The lowest BCUT2D eigenvalue weighted by Crippen LogP contribution is -2.04. The second-order valence-corrected chi connectivity index (χ2v) is 6.87. The van der Waals surface area contributed by atoms with E-state index in [-0.39, 0.29) is 5.92 Å². The Balaban J connectivity index is 1.67. The highest BCUT2D eigenvalue weighted by atomic mass is 16.5. The molecule has 138 valence electrons. The van der Waals surface area contributed by atoms with Gasteiger partial charge in [0, 0.05) is 36.3 Å². The van der Waals surface area contributed by atoms with Gasteiger partial charge in [0.05, 0.1) is 12.0 Å². The molecular weight excluding hydrogens is 340 g/mol. The Morgan fingerprint density at radius 3 is 2.63 bits per heavy atom. The minimum atomic E-state index is 0.252. The Hall–Kier alpha value is -3.22. The molecule has 0 aliphatic heterocycles. The van der Waals surface area contributed by atoms with Gasteiger partial charge in [0.15, 0.2) is 11.6 Å². The maximum absolute atomic E-state index is 5.37. The van der Waals surface area contributed by atoms with Gasteiger partial charge in [0.25, 0.3) is 0 Å². The van der Waals surface area contributed by atoms with Gasteiger partial charge in [-0.05, 0) is 6.92 Å². The Morgan fingerprint density at radius 1 is 1.15 bits per heavy atom. The number of hydrogen-bond acceptors (Lipinski definition) is 5. The number of benzene rings is 1. The minimum Gasteiger partial charge on any atom is -0.341 e. The van der Waals surface area contributed by atoms with Crippen LogP contribution in [0.25, 0.3) is 22.8 Å². The molecular formula is C20H22N6O. The number of H-pyrrole nitrogens is 1. The van der Waals surface area contributed by atoms with E-state index in [0.29, 0.717) is 18.9 Å². The summed E-state index contributed by atoms with van der Waals surface area (Å²) in [6.45, 7) is 6.77. The van der Waals surface area contributed by atoms with Gasteiger partial charge in [0.1, 0.15) is 5.69 Å². The average Bonchev–Trinajstić information content (AvgIpc) is 3.39. The van der Waals surface area contributed by atoms with E-state index < -0.39 is 0 Å². The Morgan fingerprint density at radius 2 is 1.96 bits per heavy atom. The van der Waals surface area contributed by atoms with Gasteiger partial charge < -0.3 is 14.1 Å². The van der Waals surface area contributed by atoms with Crippen molar-refractivity contribution >= 4 is 0 Å². The van der Waals surface area contributed by atoms with Crippen LogP contribution in [0.2, 0.25) is 0 Å². The second-order valence-electron chi connectivity index (χ2n) is 6.87. The fraction of sp³-hybridized carbons (Fsp3) is 0.300. The zero-order chi connectivity index (χ0) is 18.8. The summed E-state index contributed by atoms with van der Waals surface area (Å²) in [4.78, 5) is 17.0. The molecule has 0 fully saturated rings. The van der Waals surface area contributed by atoms with E-state index in [9.17, 15) is 0 Å². The van der Waals surface area contributed by atoms with Crippen molar-refractivity contribution in [1.82, 2.24) is 29.7 Å². The molecule has 0 spiro atoms. The summed E-state index contributed by atoms with van der Waals surface area (Å²) in [5.74, 6) is 2.43. The first kappa shape index (κ1) is 17.2. The van der Waals surface area contributed by atoms with Crippen LogP contribution in [0, 0.1) is 6.92 Å². The Labute approximate surface area is 157 Å². The highest BCUT2D eigenvalue weighted by Gasteiger charge is 2.18. The molecule has 0 unspecified atom stereocenters. The maximum Gasteiger partial charge on any atom is 0.228 e. The molecule has 0 bridgehead atoms. The van der Waals surface area contributed by atoms with Gasteiger partial charge in [-0.2, -0.15) is 4.98 Å². The lowest BCUT2D eigenvalue weighted by molar-refractivity contribution is 0.365. The van der Waals surface area contributed by atoms with Crippen LogP contribution >= 0.6 is 0 Å². The number of hydrogen-bond donors (Lipinski definition) is 1. The predicted octanol–water partition coefficient (Wildman–Crippen LogP) is 4.00. The number of aryl methyl sites for hydroxylation is 3. The van der Waals surface area contributed by atoms with Gasteiger partial charge in [-0.1, -0.05) is 49.3 Å². The maximum atomic E-state index is 5.37. The van der Waals surface area contributed by atoms with Crippen molar-refractivity contribution in [1.29, 1.82) is 0 Å². The summed E-state index contributed by atoms with van der Waals surface area (Å²) < 4.78 is 7.45. The van der Waals surface area contributed by atoms with Crippen molar-refractivity contribution in [2.75, 3.05) is 0 Å². The zero-order valence-electron chi connectivity index (χ0n) is 15.7. The van der Waals surface area contributed by atoms with E-state index in [0.717, 1.165) is 34.3 Å². The van der Waals surface area contributed by atoms with Crippen molar-refractivity contribution in [3.63, 3.8) is 0 Å². The lowest BCUT2D eigenvalue weighted by Gasteiger charge is -2.07. The molecule has 0 amide bonds. The third kappa shape index (κ3) is 3.53. The van der Waals surface area contributed by atoms with Crippen LogP contribution in [0.3, 0.4) is 0 Å². The summed E-state index contributed by atoms with van der Waals surface area (Å²) in [7, 11) is 0. The van der Waals surface area contributed by atoms with Gasteiger partial charge in [-0.15, -0.1) is 0 Å². The SMILES string of the molecule is Cc1cnc(-c2c(-c3ccccc3)ncn2CCc2nc(C(C)C)no2)[nH]1. The van der Waals surface area contributed by atoms with Crippen LogP contribution in [0.15, 0.2) is 47.4 Å². The third-order valence-corrected chi connectivity index (χ3v) is 4.38. The largest absolute Gasteiger partial charge is 0.341 e. The van der Waals surface area contributed by atoms with Gasteiger partial charge in [-0.3, -0.25) is 0 Å². The quantitative estimate of drug-likeness (QED) is 0.560. The van der Waals surface area contributed by atoms with Crippen molar-refractivity contribution in [2.24, 2.45) is 0 Å². The Bertz CT molecular complexity index is 1030. The molecule has 7 nitrogen and oxygen atoms in total. The van der Waals surface area contributed by atoms with Crippen LogP contribution in [0.1, 0.15) is 37.2 Å². The third-order valence-electron chi connectivity index (χ3n) is 4.38. The first-order valence-electron chi connectivity index (χ1n) is 9.07. The molecule has 0 radical (unpaired) electrons. The number of nitrogens with zero attached hydrogens (tertiary/aromatic N) is 5. The van der Waals surface area contributed by atoms with Crippen molar-refractivity contribution in [3.05, 3.63) is 60.3 Å².